The molecule has 0 unspecified atom stereocenters. The standard InChI is InChI=1S/C30H29NO/c1-4-32-30-8-6-5-7-26(30)16-13-25-14-21-29(22-15-25)31(27-17-9-23(2)10-18-27)28-19-11-24(3)12-20-28/h5-22H,4H2,1-3H3/b16-13+. The van der Waals surface area contributed by atoms with Crippen molar-refractivity contribution < 1.29 is 4.74 Å². The van der Waals surface area contributed by atoms with E-state index in [4.69, 9.17) is 4.74 Å². The fraction of sp³-hybridized carbons (Fsp3) is 0.133. The first-order chi connectivity index (χ1) is 15.6. The number of nitrogens with zero attached hydrogens (tertiary/aromatic N) is 1. The predicted molar refractivity (Wildman–Crippen MR) is 137 cm³/mol. The highest BCUT2D eigenvalue weighted by atomic mass is 16.5. The van der Waals surface area contributed by atoms with Crippen LogP contribution in [0.5, 0.6) is 5.75 Å². The van der Waals surface area contributed by atoms with Gasteiger partial charge in [-0.2, -0.15) is 0 Å². The lowest BCUT2D eigenvalue weighted by Crippen LogP contribution is -2.09. The second kappa shape index (κ2) is 10.0. The molecular weight excluding hydrogens is 390 g/mol. The zero-order valence-corrected chi connectivity index (χ0v) is 19.0. The van der Waals surface area contributed by atoms with E-state index in [1.165, 1.54) is 11.1 Å². The first kappa shape index (κ1) is 21.5. The molecule has 0 spiro atoms. The molecule has 0 N–H and O–H groups in total. The highest BCUT2D eigenvalue weighted by Gasteiger charge is 2.12. The summed E-state index contributed by atoms with van der Waals surface area (Å²) in [6.07, 6.45) is 4.24. The number of para-hydroxylation sites is 1. The van der Waals surface area contributed by atoms with Gasteiger partial charge in [0.25, 0.3) is 0 Å². The fourth-order valence-electron chi connectivity index (χ4n) is 3.66. The van der Waals surface area contributed by atoms with E-state index in [-0.39, 0.29) is 0 Å². The smallest absolute Gasteiger partial charge is 0.126 e. The molecule has 0 heterocycles. The second-order valence-electron chi connectivity index (χ2n) is 7.90. The van der Waals surface area contributed by atoms with Gasteiger partial charge in [-0.1, -0.05) is 77.9 Å². The number of rotatable bonds is 7. The molecule has 0 saturated heterocycles. The molecule has 4 aromatic carbocycles. The lowest BCUT2D eigenvalue weighted by atomic mass is 10.1. The molecule has 0 radical (unpaired) electrons. The number of hydrogen-bond donors (Lipinski definition) is 0. The average molecular weight is 420 g/mol. The van der Waals surface area contributed by atoms with Gasteiger partial charge in [0.1, 0.15) is 5.75 Å². The minimum Gasteiger partial charge on any atom is -0.493 e. The minimum absolute atomic E-state index is 0.660. The summed E-state index contributed by atoms with van der Waals surface area (Å²) in [6.45, 7) is 6.90. The van der Waals surface area contributed by atoms with Crippen LogP contribution in [0.25, 0.3) is 12.2 Å². The van der Waals surface area contributed by atoms with Crippen molar-refractivity contribution >= 4 is 29.2 Å². The van der Waals surface area contributed by atoms with Crippen molar-refractivity contribution in [2.45, 2.75) is 20.8 Å². The van der Waals surface area contributed by atoms with Gasteiger partial charge in [-0.05, 0) is 68.8 Å². The van der Waals surface area contributed by atoms with Crippen LogP contribution < -0.4 is 9.64 Å². The molecule has 2 nitrogen and oxygen atoms in total. The molecule has 0 bridgehead atoms. The number of hydrogen-bond acceptors (Lipinski definition) is 2. The average Bonchev–Trinajstić information content (AvgIpc) is 2.82. The van der Waals surface area contributed by atoms with Crippen LogP contribution in [0, 0.1) is 13.8 Å². The highest BCUT2D eigenvalue weighted by molar-refractivity contribution is 5.78. The molecule has 160 valence electrons. The van der Waals surface area contributed by atoms with Gasteiger partial charge in [0.15, 0.2) is 0 Å². The summed E-state index contributed by atoms with van der Waals surface area (Å²) in [7, 11) is 0. The Kier molecular flexibility index (Phi) is 6.72. The minimum atomic E-state index is 0.660. The third-order valence-electron chi connectivity index (χ3n) is 5.41. The first-order valence-electron chi connectivity index (χ1n) is 11.1. The van der Waals surface area contributed by atoms with Crippen molar-refractivity contribution in [2.75, 3.05) is 11.5 Å². The van der Waals surface area contributed by atoms with Crippen LogP contribution in [-0.4, -0.2) is 6.61 Å². The molecule has 32 heavy (non-hydrogen) atoms. The van der Waals surface area contributed by atoms with Gasteiger partial charge in [0.2, 0.25) is 0 Å². The number of benzene rings is 4. The van der Waals surface area contributed by atoms with E-state index in [9.17, 15) is 0 Å². The Balaban J connectivity index is 1.64. The van der Waals surface area contributed by atoms with Crippen molar-refractivity contribution in [2.24, 2.45) is 0 Å². The highest BCUT2D eigenvalue weighted by Crippen LogP contribution is 2.35. The van der Waals surface area contributed by atoms with Crippen molar-refractivity contribution in [3.05, 3.63) is 119 Å². The van der Waals surface area contributed by atoms with Gasteiger partial charge >= 0.3 is 0 Å². The summed E-state index contributed by atoms with van der Waals surface area (Å²) in [5.41, 5.74) is 8.16. The van der Waals surface area contributed by atoms with Gasteiger partial charge in [-0.25, -0.2) is 0 Å². The topological polar surface area (TPSA) is 12.5 Å². The van der Waals surface area contributed by atoms with Crippen LogP contribution in [-0.2, 0) is 0 Å². The maximum absolute atomic E-state index is 5.73. The van der Waals surface area contributed by atoms with Crippen LogP contribution in [0.2, 0.25) is 0 Å². The third-order valence-corrected chi connectivity index (χ3v) is 5.41. The molecule has 4 aromatic rings. The van der Waals surface area contributed by atoms with Crippen molar-refractivity contribution in [1.82, 2.24) is 0 Å². The Morgan fingerprint density at radius 2 is 1.12 bits per heavy atom. The molecule has 2 heteroatoms. The van der Waals surface area contributed by atoms with Crippen LogP contribution in [0.3, 0.4) is 0 Å². The number of anilines is 3. The van der Waals surface area contributed by atoms with Crippen molar-refractivity contribution in [3.63, 3.8) is 0 Å². The molecule has 0 aliphatic heterocycles. The fourth-order valence-corrected chi connectivity index (χ4v) is 3.66. The third kappa shape index (κ3) is 5.09. The van der Waals surface area contributed by atoms with Crippen LogP contribution in [0.15, 0.2) is 97.1 Å². The first-order valence-corrected chi connectivity index (χ1v) is 11.1. The van der Waals surface area contributed by atoms with Crippen molar-refractivity contribution in [3.8, 4) is 5.75 Å². The van der Waals surface area contributed by atoms with E-state index in [0.29, 0.717) is 6.61 Å². The van der Waals surface area contributed by atoms with E-state index in [0.717, 1.165) is 33.9 Å². The summed E-state index contributed by atoms with van der Waals surface area (Å²) in [6, 6.07) is 34.1. The molecular formula is C30H29NO. The maximum atomic E-state index is 5.73. The Labute approximate surface area is 191 Å². The van der Waals surface area contributed by atoms with E-state index in [1.807, 2.05) is 25.1 Å². The van der Waals surface area contributed by atoms with E-state index < -0.39 is 0 Å². The SMILES string of the molecule is CCOc1ccccc1/C=C/c1ccc(N(c2ccc(C)cc2)c2ccc(C)cc2)cc1. The van der Waals surface area contributed by atoms with Crippen LogP contribution in [0.4, 0.5) is 17.1 Å². The van der Waals surface area contributed by atoms with E-state index in [1.54, 1.807) is 0 Å². The summed E-state index contributed by atoms with van der Waals surface area (Å²) in [5.74, 6) is 0.910. The largest absolute Gasteiger partial charge is 0.493 e. The molecule has 0 amide bonds. The monoisotopic (exact) mass is 419 g/mol. The second-order valence-corrected chi connectivity index (χ2v) is 7.90. The quantitative estimate of drug-likeness (QED) is 0.279. The number of ether oxygens (including phenoxy) is 1. The van der Waals surface area contributed by atoms with Gasteiger partial charge in [0, 0.05) is 22.6 Å². The van der Waals surface area contributed by atoms with E-state index in [2.05, 4.69) is 110 Å². The zero-order valence-electron chi connectivity index (χ0n) is 19.0. The summed E-state index contributed by atoms with van der Waals surface area (Å²) < 4.78 is 5.73. The van der Waals surface area contributed by atoms with Crippen molar-refractivity contribution in [1.29, 1.82) is 0 Å². The predicted octanol–water partition coefficient (Wildman–Crippen LogP) is 8.34. The molecule has 0 aliphatic carbocycles. The summed E-state index contributed by atoms with van der Waals surface area (Å²) in [4.78, 5) is 2.29. The van der Waals surface area contributed by atoms with Gasteiger partial charge < -0.3 is 9.64 Å². The normalized spacial score (nSPS) is 11.0. The van der Waals surface area contributed by atoms with Gasteiger partial charge in [-0.15, -0.1) is 0 Å². The summed E-state index contributed by atoms with van der Waals surface area (Å²) >= 11 is 0. The Morgan fingerprint density at radius 3 is 1.66 bits per heavy atom. The summed E-state index contributed by atoms with van der Waals surface area (Å²) in [5, 5.41) is 0. The molecule has 0 atom stereocenters. The lowest BCUT2D eigenvalue weighted by molar-refractivity contribution is 0.339. The van der Waals surface area contributed by atoms with Gasteiger partial charge in [0.05, 0.1) is 6.61 Å². The Bertz CT molecular complexity index is 1130. The Morgan fingerprint density at radius 1 is 0.625 bits per heavy atom. The Hall–Kier alpha value is -3.78. The molecule has 0 aliphatic rings. The van der Waals surface area contributed by atoms with Crippen LogP contribution >= 0.6 is 0 Å². The molecule has 0 fully saturated rings. The zero-order chi connectivity index (χ0) is 22.3. The van der Waals surface area contributed by atoms with E-state index >= 15 is 0 Å². The molecule has 0 saturated carbocycles. The van der Waals surface area contributed by atoms with Gasteiger partial charge in [-0.3, -0.25) is 0 Å². The molecule has 4 rings (SSSR count). The molecule has 0 aromatic heterocycles. The van der Waals surface area contributed by atoms with Crippen LogP contribution in [0.1, 0.15) is 29.2 Å². The maximum Gasteiger partial charge on any atom is 0.126 e. The number of aryl methyl sites for hydroxylation is 2. The lowest BCUT2D eigenvalue weighted by Gasteiger charge is -2.25.